The lowest BCUT2D eigenvalue weighted by Gasteiger charge is -2.35. The fraction of sp³-hybridized carbons (Fsp3) is 0.667. The van der Waals surface area contributed by atoms with E-state index in [4.69, 9.17) is 4.74 Å². The Morgan fingerprint density at radius 2 is 2.20 bits per heavy atom. The highest BCUT2D eigenvalue weighted by molar-refractivity contribution is 7.12. The molecule has 0 aromatic carbocycles. The zero-order valence-electron chi connectivity index (χ0n) is 12.3. The van der Waals surface area contributed by atoms with Gasteiger partial charge in [-0.15, -0.1) is 11.3 Å². The van der Waals surface area contributed by atoms with E-state index in [-0.39, 0.29) is 5.91 Å². The van der Waals surface area contributed by atoms with Crippen molar-refractivity contribution in [1.29, 1.82) is 0 Å². The van der Waals surface area contributed by atoms with Gasteiger partial charge in [0.2, 0.25) is 0 Å². The standard InChI is InChI=1S/C15H24N2O2S/c1-12(2)10-13(17-5-7-19-8-6-17)11-16-15(18)14-4-3-9-20-14/h3-4,9,12-13H,5-8,10-11H2,1-2H3,(H,16,18). The minimum Gasteiger partial charge on any atom is -0.379 e. The van der Waals surface area contributed by atoms with E-state index in [1.807, 2.05) is 17.5 Å². The summed E-state index contributed by atoms with van der Waals surface area (Å²) in [5.74, 6) is 0.670. The van der Waals surface area contributed by atoms with Crippen molar-refractivity contribution in [3.63, 3.8) is 0 Å². The Bertz CT molecular complexity index is 400. The van der Waals surface area contributed by atoms with Crippen LogP contribution in [0.25, 0.3) is 0 Å². The second kappa shape index (κ2) is 7.76. The fourth-order valence-corrected chi connectivity index (χ4v) is 3.19. The molecule has 1 unspecified atom stereocenters. The van der Waals surface area contributed by atoms with Crippen molar-refractivity contribution < 1.29 is 9.53 Å². The number of thiophene rings is 1. The van der Waals surface area contributed by atoms with Gasteiger partial charge in [0.25, 0.3) is 5.91 Å². The van der Waals surface area contributed by atoms with Gasteiger partial charge in [0, 0.05) is 25.7 Å². The summed E-state index contributed by atoms with van der Waals surface area (Å²) >= 11 is 1.49. The van der Waals surface area contributed by atoms with Crippen LogP contribution in [0.1, 0.15) is 29.9 Å². The van der Waals surface area contributed by atoms with Crippen LogP contribution >= 0.6 is 11.3 Å². The summed E-state index contributed by atoms with van der Waals surface area (Å²) < 4.78 is 5.41. The molecule has 112 valence electrons. The number of ether oxygens (including phenoxy) is 1. The third-order valence-corrected chi connectivity index (χ3v) is 4.42. The van der Waals surface area contributed by atoms with E-state index in [1.54, 1.807) is 0 Å². The number of nitrogens with zero attached hydrogens (tertiary/aromatic N) is 1. The Kier molecular flexibility index (Phi) is 6.01. The number of amides is 1. The van der Waals surface area contributed by atoms with Gasteiger partial charge in [-0.05, 0) is 23.8 Å². The number of rotatable bonds is 6. The van der Waals surface area contributed by atoms with Crippen molar-refractivity contribution in [3.8, 4) is 0 Å². The molecule has 2 rings (SSSR count). The summed E-state index contributed by atoms with van der Waals surface area (Å²) in [5, 5.41) is 5.01. The maximum Gasteiger partial charge on any atom is 0.261 e. The Labute approximate surface area is 125 Å². The van der Waals surface area contributed by atoms with Crippen LogP contribution in [0.2, 0.25) is 0 Å². The van der Waals surface area contributed by atoms with Crippen LogP contribution in [-0.2, 0) is 4.74 Å². The third kappa shape index (κ3) is 4.58. The Balaban J connectivity index is 1.88. The number of carbonyl (C=O) groups excluding carboxylic acids is 1. The molecule has 1 N–H and O–H groups in total. The highest BCUT2D eigenvalue weighted by atomic mass is 32.1. The summed E-state index contributed by atoms with van der Waals surface area (Å²) in [7, 11) is 0. The van der Waals surface area contributed by atoms with Gasteiger partial charge in [0.1, 0.15) is 0 Å². The van der Waals surface area contributed by atoms with E-state index >= 15 is 0 Å². The van der Waals surface area contributed by atoms with Crippen molar-refractivity contribution in [1.82, 2.24) is 10.2 Å². The van der Waals surface area contributed by atoms with Gasteiger partial charge in [-0.3, -0.25) is 9.69 Å². The van der Waals surface area contributed by atoms with Crippen LogP contribution in [0.3, 0.4) is 0 Å². The lowest BCUT2D eigenvalue weighted by atomic mass is 10.0. The quantitative estimate of drug-likeness (QED) is 0.875. The van der Waals surface area contributed by atoms with Gasteiger partial charge in [0.05, 0.1) is 18.1 Å². The smallest absolute Gasteiger partial charge is 0.261 e. The van der Waals surface area contributed by atoms with E-state index in [1.165, 1.54) is 11.3 Å². The number of nitrogens with one attached hydrogen (secondary N) is 1. The molecule has 20 heavy (non-hydrogen) atoms. The number of hydrogen-bond donors (Lipinski definition) is 1. The summed E-state index contributed by atoms with van der Waals surface area (Å²) in [6.07, 6.45) is 1.10. The molecule has 1 aliphatic rings. The molecule has 1 saturated heterocycles. The minimum atomic E-state index is 0.0435. The monoisotopic (exact) mass is 296 g/mol. The Morgan fingerprint density at radius 1 is 1.45 bits per heavy atom. The molecule has 0 aliphatic carbocycles. The van der Waals surface area contributed by atoms with Crippen molar-refractivity contribution >= 4 is 17.2 Å². The van der Waals surface area contributed by atoms with Gasteiger partial charge in [-0.1, -0.05) is 19.9 Å². The summed E-state index contributed by atoms with van der Waals surface area (Å²) in [4.78, 5) is 15.3. The normalized spacial score (nSPS) is 18.1. The van der Waals surface area contributed by atoms with Crippen LogP contribution in [0.5, 0.6) is 0 Å². The molecule has 1 atom stereocenters. The van der Waals surface area contributed by atoms with Gasteiger partial charge in [-0.25, -0.2) is 0 Å². The first-order valence-corrected chi connectivity index (χ1v) is 8.18. The summed E-state index contributed by atoms with van der Waals surface area (Å²) in [5.41, 5.74) is 0. The van der Waals surface area contributed by atoms with Crippen molar-refractivity contribution in [3.05, 3.63) is 22.4 Å². The zero-order valence-corrected chi connectivity index (χ0v) is 13.1. The SMILES string of the molecule is CC(C)CC(CNC(=O)c1cccs1)N1CCOCC1. The highest BCUT2D eigenvalue weighted by Crippen LogP contribution is 2.14. The van der Waals surface area contributed by atoms with Crippen molar-refractivity contribution in [2.24, 2.45) is 5.92 Å². The molecular formula is C15H24N2O2S. The van der Waals surface area contributed by atoms with Crippen LogP contribution in [0.15, 0.2) is 17.5 Å². The number of hydrogen-bond acceptors (Lipinski definition) is 4. The molecule has 1 amide bonds. The molecule has 0 spiro atoms. The van der Waals surface area contributed by atoms with Crippen LogP contribution < -0.4 is 5.32 Å². The summed E-state index contributed by atoms with van der Waals surface area (Å²) in [6, 6.07) is 4.18. The predicted molar refractivity (Wildman–Crippen MR) is 82.3 cm³/mol. The first-order chi connectivity index (χ1) is 9.66. The number of morpholine rings is 1. The molecule has 1 aromatic heterocycles. The van der Waals surface area contributed by atoms with E-state index in [2.05, 4.69) is 24.1 Å². The second-order valence-electron chi connectivity index (χ2n) is 5.62. The Hall–Kier alpha value is -0.910. The molecule has 5 heteroatoms. The minimum absolute atomic E-state index is 0.0435. The maximum atomic E-state index is 12.0. The average Bonchev–Trinajstić information content (AvgIpc) is 2.98. The highest BCUT2D eigenvalue weighted by Gasteiger charge is 2.22. The zero-order chi connectivity index (χ0) is 14.4. The molecule has 0 saturated carbocycles. The maximum absolute atomic E-state index is 12.0. The van der Waals surface area contributed by atoms with Crippen LogP contribution in [0.4, 0.5) is 0 Å². The molecule has 4 nitrogen and oxygen atoms in total. The Morgan fingerprint density at radius 3 is 2.80 bits per heavy atom. The van der Waals surface area contributed by atoms with Crippen molar-refractivity contribution in [2.75, 3.05) is 32.8 Å². The van der Waals surface area contributed by atoms with Gasteiger partial charge in [0.15, 0.2) is 0 Å². The second-order valence-corrected chi connectivity index (χ2v) is 6.57. The van der Waals surface area contributed by atoms with Gasteiger partial charge in [-0.2, -0.15) is 0 Å². The largest absolute Gasteiger partial charge is 0.379 e. The van der Waals surface area contributed by atoms with Crippen LogP contribution in [-0.4, -0.2) is 49.7 Å². The van der Waals surface area contributed by atoms with Crippen LogP contribution in [0, 0.1) is 5.92 Å². The van der Waals surface area contributed by atoms with E-state index in [9.17, 15) is 4.79 Å². The molecule has 0 bridgehead atoms. The molecule has 0 radical (unpaired) electrons. The third-order valence-electron chi connectivity index (χ3n) is 3.55. The topological polar surface area (TPSA) is 41.6 Å². The van der Waals surface area contributed by atoms with E-state index < -0.39 is 0 Å². The molecule has 2 heterocycles. The predicted octanol–water partition coefficient (Wildman–Crippen LogP) is 2.22. The van der Waals surface area contributed by atoms with E-state index in [0.29, 0.717) is 12.0 Å². The number of carbonyl (C=O) groups is 1. The first-order valence-electron chi connectivity index (χ1n) is 7.30. The lowest BCUT2D eigenvalue weighted by molar-refractivity contribution is 0.0125. The summed E-state index contributed by atoms with van der Waals surface area (Å²) in [6.45, 7) is 8.71. The average molecular weight is 296 g/mol. The molecule has 1 fully saturated rings. The molecule has 1 aromatic rings. The molecular weight excluding hydrogens is 272 g/mol. The first kappa shape index (κ1) is 15.5. The van der Waals surface area contributed by atoms with E-state index in [0.717, 1.165) is 44.1 Å². The fourth-order valence-electron chi connectivity index (χ4n) is 2.55. The van der Waals surface area contributed by atoms with Gasteiger partial charge >= 0.3 is 0 Å². The molecule has 1 aliphatic heterocycles. The van der Waals surface area contributed by atoms with Gasteiger partial charge < -0.3 is 10.1 Å². The lowest BCUT2D eigenvalue weighted by Crippen LogP contribution is -2.49. The van der Waals surface area contributed by atoms with Crippen molar-refractivity contribution in [2.45, 2.75) is 26.3 Å².